The van der Waals surface area contributed by atoms with Crippen LogP contribution in [-0.2, 0) is 26.2 Å². The van der Waals surface area contributed by atoms with E-state index in [1.54, 1.807) is 42.7 Å². The van der Waals surface area contributed by atoms with Gasteiger partial charge in [-0.05, 0) is 55.3 Å². The van der Waals surface area contributed by atoms with E-state index < -0.39 is 10.0 Å². The Bertz CT molecular complexity index is 1210. The summed E-state index contributed by atoms with van der Waals surface area (Å²) >= 11 is 0. The van der Waals surface area contributed by atoms with Crippen molar-refractivity contribution in [3.8, 4) is 17.2 Å². The van der Waals surface area contributed by atoms with Crippen molar-refractivity contribution >= 4 is 16.0 Å². The summed E-state index contributed by atoms with van der Waals surface area (Å²) in [5, 5.41) is 0. The number of methoxy groups -OCH3 is 1. The molecule has 178 valence electrons. The lowest BCUT2D eigenvalue weighted by molar-refractivity contribution is -0.151. The number of carbonyl (C=O) groups excluding carboxylic acids is 1. The number of rotatable bonds is 8. The van der Waals surface area contributed by atoms with Crippen molar-refractivity contribution in [2.45, 2.75) is 24.3 Å². The second-order valence-electron chi connectivity index (χ2n) is 7.86. The van der Waals surface area contributed by atoms with Gasteiger partial charge in [0.1, 0.15) is 23.9 Å². The largest absolute Gasteiger partial charge is 0.497 e. The van der Waals surface area contributed by atoms with Crippen molar-refractivity contribution in [2.24, 2.45) is 5.92 Å². The van der Waals surface area contributed by atoms with Crippen LogP contribution in [0, 0.1) is 5.92 Å². The first-order valence-electron chi connectivity index (χ1n) is 10.9. The van der Waals surface area contributed by atoms with Crippen molar-refractivity contribution in [1.82, 2.24) is 9.29 Å². The van der Waals surface area contributed by atoms with Crippen LogP contribution in [0.5, 0.6) is 17.2 Å². The maximum atomic E-state index is 12.9. The molecular weight excluding hydrogens is 456 g/mol. The van der Waals surface area contributed by atoms with Gasteiger partial charge in [0, 0.05) is 24.8 Å². The highest BCUT2D eigenvalue weighted by molar-refractivity contribution is 7.89. The van der Waals surface area contributed by atoms with Gasteiger partial charge < -0.3 is 14.2 Å². The third-order valence-corrected chi connectivity index (χ3v) is 7.60. The number of hydrogen-bond donors (Lipinski definition) is 0. The number of pyridine rings is 1. The normalized spacial score (nSPS) is 15.0. The van der Waals surface area contributed by atoms with Crippen molar-refractivity contribution < 1.29 is 27.4 Å². The lowest BCUT2D eigenvalue weighted by Crippen LogP contribution is -2.40. The molecule has 3 aromatic rings. The summed E-state index contributed by atoms with van der Waals surface area (Å²) in [6.45, 7) is 0.587. The summed E-state index contributed by atoms with van der Waals surface area (Å²) in [5.41, 5.74) is 0.735. The first-order valence-corrected chi connectivity index (χ1v) is 12.4. The van der Waals surface area contributed by atoms with E-state index >= 15 is 0 Å². The number of piperidine rings is 1. The van der Waals surface area contributed by atoms with Gasteiger partial charge in [-0.1, -0.05) is 18.2 Å². The van der Waals surface area contributed by atoms with Crippen LogP contribution >= 0.6 is 0 Å². The fourth-order valence-electron chi connectivity index (χ4n) is 3.75. The minimum absolute atomic E-state index is 0.0691. The summed E-state index contributed by atoms with van der Waals surface area (Å²) in [4.78, 5) is 16.9. The molecule has 34 heavy (non-hydrogen) atoms. The number of benzene rings is 2. The monoisotopic (exact) mass is 482 g/mol. The van der Waals surface area contributed by atoms with Crippen LogP contribution in [-0.4, -0.2) is 43.9 Å². The number of aromatic nitrogens is 1. The maximum absolute atomic E-state index is 12.9. The van der Waals surface area contributed by atoms with Gasteiger partial charge in [0.15, 0.2) is 0 Å². The van der Waals surface area contributed by atoms with Gasteiger partial charge in [-0.25, -0.2) is 8.42 Å². The molecule has 1 aromatic heterocycles. The van der Waals surface area contributed by atoms with Gasteiger partial charge in [-0.15, -0.1) is 0 Å². The minimum Gasteiger partial charge on any atom is -0.497 e. The van der Waals surface area contributed by atoms with Crippen LogP contribution < -0.4 is 9.47 Å². The maximum Gasteiger partial charge on any atom is 0.309 e. The lowest BCUT2D eigenvalue weighted by atomic mass is 9.98. The second kappa shape index (κ2) is 10.7. The number of carbonyl (C=O) groups is 1. The smallest absolute Gasteiger partial charge is 0.309 e. The SMILES string of the molecule is COc1ccc(S(=O)(=O)N2CCC(C(=O)OCc3ccccc3Oc3cccnc3)CC2)cc1. The molecule has 2 heterocycles. The summed E-state index contributed by atoms with van der Waals surface area (Å²) in [5.74, 6) is 1.08. The summed E-state index contributed by atoms with van der Waals surface area (Å²) in [7, 11) is -2.10. The standard InChI is InChI=1S/C25H26N2O6S/c1-31-21-8-10-23(11-9-21)34(29,30)27-15-12-19(13-16-27)25(28)32-18-20-5-2-3-7-24(20)33-22-6-4-14-26-17-22/h2-11,14,17,19H,12-13,15-16,18H2,1H3. The van der Waals surface area contributed by atoms with Crippen LogP contribution in [0.3, 0.4) is 0 Å². The molecule has 0 radical (unpaired) electrons. The van der Waals surface area contributed by atoms with Gasteiger partial charge in [-0.2, -0.15) is 4.31 Å². The molecule has 0 saturated carbocycles. The number of hydrogen-bond acceptors (Lipinski definition) is 7. The Kier molecular flexibility index (Phi) is 7.44. The van der Waals surface area contributed by atoms with Crippen molar-refractivity contribution in [1.29, 1.82) is 0 Å². The van der Waals surface area contributed by atoms with Crippen molar-refractivity contribution in [3.63, 3.8) is 0 Å². The van der Waals surface area contributed by atoms with Crippen molar-refractivity contribution in [3.05, 3.63) is 78.6 Å². The summed E-state index contributed by atoms with van der Waals surface area (Å²) in [6, 6.07) is 17.2. The van der Waals surface area contributed by atoms with E-state index in [-0.39, 0.29) is 36.5 Å². The molecule has 1 fully saturated rings. The minimum atomic E-state index is -3.62. The van der Waals surface area contributed by atoms with E-state index in [1.807, 2.05) is 18.2 Å². The number of sulfonamides is 1. The first kappa shape index (κ1) is 23.7. The highest BCUT2D eigenvalue weighted by Crippen LogP contribution is 2.28. The van der Waals surface area contributed by atoms with Crippen LogP contribution in [0.1, 0.15) is 18.4 Å². The number of para-hydroxylation sites is 1. The van der Waals surface area contributed by atoms with Gasteiger partial charge in [0.2, 0.25) is 10.0 Å². The average Bonchev–Trinajstić information content (AvgIpc) is 2.88. The Morgan fingerprint density at radius 3 is 2.41 bits per heavy atom. The third-order valence-electron chi connectivity index (χ3n) is 5.69. The molecule has 0 unspecified atom stereocenters. The molecule has 1 aliphatic heterocycles. The molecule has 8 nitrogen and oxygen atoms in total. The highest BCUT2D eigenvalue weighted by atomic mass is 32.2. The zero-order chi connectivity index (χ0) is 24.0. The topological polar surface area (TPSA) is 95.0 Å². The molecular formula is C25H26N2O6S. The predicted octanol–water partition coefficient (Wildman–Crippen LogP) is 4.03. The quantitative estimate of drug-likeness (QED) is 0.448. The fraction of sp³-hybridized carbons (Fsp3) is 0.280. The second-order valence-corrected chi connectivity index (χ2v) is 9.80. The van der Waals surface area contributed by atoms with E-state index in [2.05, 4.69) is 4.98 Å². The van der Waals surface area contributed by atoms with Crippen LogP contribution in [0.2, 0.25) is 0 Å². The molecule has 1 aliphatic rings. The number of esters is 1. The number of ether oxygens (including phenoxy) is 3. The Morgan fingerprint density at radius 2 is 1.74 bits per heavy atom. The number of nitrogens with zero attached hydrogens (tertiary/aromatic N) is 2. The van der Waals surface area contributed by atoms with Crippen LogP contribution in [0.4, 0.5) is 0 Å². The molecule has 1 saturated heterocycles. The summed E-state index contributed by atoms with van der Waals surface area (Å²) in [6.07, 6.45) is 4.08. The lowest BCUT2D eigenvalue weighted by Gasteiger charge is -2.30. The Balaban J connectivity index is 1.32. The molecule has 2 aromatic carbocycles. The molecule has 9 heteroatoms. The molecule has 0 aliphatic carbocycles. The van der Waals surface area contributed by atoms with Gasteiger partial charge >= 0.3 is 5.97 Å². The van der Waals surface area contributed by atoms with Crippen LogP contribution in [0.15, 0.2) is 78.0 Å². The fourth-order valence-corrected chi connectivity index (χ4v) is 5.22. The Morgan fingerprint density at radius 1 is 1.00 bits per heavy atom. The Labute approximate surface area is 199 Å². The van der Waals surface area contributed by atoms with Gasteiger partial charge in [0.25, 0.3) is 0 Å². The van der Waals surface area contributed by atoms with E-state index in [9.17, 15) is 13.2 Å². The third kappa shape index (κ3) is 5.55. The van der Waals surface area contributed by atoms with Gasteiger partial charge in [-0.3, -0.25) is 9.78 Å². The molecule has 0 bridgehead atoms. The van der Waals surface area contributed by atoms with E-state index in [4.69, 9.17) is 14.2 Å². The molecule has 0 atom stereocenters. The zero-order valence-corrected chi connectivity index (χ0v) is 19.6. The average molecular weight is 483 g/mol. The van der Waals surface area contributed by atoms with Crippen LogP contribution in [0.25, 0.3) is 0 Å². The van der Waals surface area contributed by atoms with E-state index in [0.717, 1.165) is 5.56 Å². The molecule has 0 spiro atoms. The highest BCUT2D eigenvalue weighted by Gasteiger charge is 2.33. The summed E-state index contributed by atoms with van der Waals surface area (Å²) < 4.78 is 43.7. The van der Waals surface area contributed by atoms with E-state index in [0.29, 0.717) is 30.1 Å². The molecule has 0 N–H and O–H groups in total. The molecule has 4 rings (SSSR count). The Hall–Kier alpha value is -3.43. The molecule has 0 amide bonds. The predicted molar refractivity (Wildman–Crippen MR) is 125 cm³/mol. The zero-order valence-electron chi connectivity index (χ0n) is 18.8. The first-order chi connectivity index (χ1) is 16.5. The van der Waals surface area contributed by atoms with Crippen molar-refractivity contribution in [2.75, 3.05) is 20.2 Å². The van der Waals surface area contributed by atoms with Gasteiger partial charge in [0.05, 0.1) is 24.1 Å². The van der Waals surface area contributed by atoms with E-state index in [1.165, 1.54) is 23.5 Å².